The van der Waals surface area contributed by atoms with Gasteiger partial charge >= 0.3 is 0 Å². The summed E-state index contributed by atoms with van der Waals surface area (Å²) in [6.45, 7) is 2.16. The van der Waals surface area contributed by atoms with Crippen molar-refractivity contribution in [2.45, 2.75) is 77.6 Å². The van der Waals surface area contributed by atoms with Crippen molar-refractivity contribution in [3.8, 4) is 0 Å². The molecule has 0 spiro atoms. The van der Waals surface area contributed by atoms with Gasteiger partial charge in [-0.3, -0.25) is 0 Å². The molecule has 0 N–H and O–H groups in total. The third kappa shape index (κ3) is 6.87. The van der Waals surface area contributed by atoms with Gasteiger partial charge in [-0.25, -0.2) is 13.2 Å². The molecule has 1 fully saturated rings. The predicted molar refractivity (Wildman–Crippen MR) is 98.0 cm³/mol. The smallest absolute Gasteiger partial charge is 0.194 e. The molecular formula is C22H31F3. The van der Waals surface area contributed by atoms with E-state index in [1.165, 1.54) is 51.4 Å². The van der Waals surface area contributed by atoms with Crippen molar-refractivity contribution in [3.63, 3.8) is 0 Å². The lowest BCUT2D eigenvalue weighted by Gasteiger charge is -2.28. The lowest BCUT2D eigenvalue weighted by molar-refractivity contribution is 0.249. The lowest BCUT2D eigenvalue weighted by atomic mass is 9.78. The van der Waals surface area contributed by atoms with Gasteiger partial charge in [-0.15, -0.1) is 0 Å². The van der Waals surface area contributed by atoms with Gasteiger partial charge in [0.1, 0.15) is 0 Å². The van der Waals surface area contributed by atoms with E-state index in [1.807, 2.05) is 0 Å². The Labute approximate surface area is 150 Å². The largest absolute Gasteiger partial charge is 0.204 e. The van der Waals surface area contributed by atoms with E-state index in [1.54, 1.807) is 0 Å². The van der Waals surface area contributed by atoms with E-state index in [-0.39, 0.29) is 0 Å². The zero-order valence-corrected chi connectivity index (χ0v) is 15.4. The number of hydrogen-bond donors (Lipinski definition) is 0. The molecule has 1 aromatic carbocycles. The Kier molecular flexibility index (Phi) is 8.57. The van der Waals surface area contributed by atoms with Crippen LogP contribution in [0.25, 0.3) is 0 Å². The fraction of sp³-hybridized carbons (Fsp3) is 0.636. The first kappa shape index (κ1) is 20.1. The summed E-state index contributed by atoms with van der Waals surface area (Å²) in [5.41, 5.74) is 0.568. The van der Waals surface area contributed by atoms with Gasteiger partial charge in [0.2, 0.25) is 0 Å². The molecule has 0 heterocycles. The first-order chi connectivity index (χ1) is 12.1. The van der Waals surface area contributed by atoms with Crippen LogP contribution in [0.4, 0.5) is 13.2 Å². The Hall–Kier alpha value is -1.25. The van der Waals surface area contributed by atoms with Crippen LogP contribution in [0.3, 0.4) is 0 Å². The Bertz CT molecular complexity index is 519. The third-order valence-corrected chi connectivity index (χ3v) is 5.49. The lowest BCUT2D eigenvalue weighted by Crippen LogP contribution is -2.15. The van der Waals surface area contributed by atoms with E-state index in [0.29, 0.717) is 17.9 Å². The molecule has 0 aliphatic heterocycles. The van der Waals surface area contributed by atoms with E-state index < -0.39 is 17.5 Å². The van der Waals surface area contributed by atoms with Crippen molar-refractivity contribution in [2.24, 2.45) is 11.8 Å². The molecule has 2 rings (SSSR count). The van der Waals surface area contributed by atoms with E-state index in [4.69, 9.17) is 0 Å². The van der Waals surface area contributed by atoms with Gasteiger partial charge in [0.25, 0.3) is 0 Å². The maximum absolute atomic E-state index is 13.3. The molecule has 1 aliphatic carbocycles. The van der Waals surface area contributed by atoms with Crippen molar-refractivity contribution in [3.05, 3.63) is 47.3 Å². The summed E-state index contributed by atoms with van der Waals surface area (Å²) in [5.74, 6) is -2.03. The van der Waals surface area contributed by atoms with Crippen LogP contribution in [0, 0.1) is 29.3 Å². The second kappa shape index (κ2) is 10.7. The van der Waals surface area contributed by atoms with Gasteiger partial charge in [0.05, 0.1) is 0 Å². The number of hydrogen-bond acceptors (Lipinski definition) is 0. The van der Waals surface area contributed by atoms with Crippen LogP contribution in [0.1, 0.15) is 76.7 Å². The van der Waals surface area contributed by atoms with Crippen molar-refractivity contribution >= 4 is 0 Å². The molecular weight excluding hydrogens is 321 g/mol. The second-order valence-electron chi connectivity index (χ2n) is 7.46. The highest BCUT2D eigenvalue weighted by Crippen LogP contribution is 2.34. The van der Waals surface area contributed by atoms with Crippen LogP contribution in [0.5, 0.6) is 0 Å². The minimum absolute atomic E-state index is 0.568. The summed E-state index contributed by atoms with van der Waals surface area (Å²) in [7, 11) is 0. The quantitative estimate of drug-likeness (QED) is 0.247. The molecule has 0 aromatic heterocycles. The summed E-state index contributed by atoms with van der Waals surface area (Å²) < 4.78 is 39.5. The molecule has 1 saturated carbocycles. The first-order valence-electron chi connectivity index (χ1n) is 9.88. The highest BCUT2D eigenvalue weighted by atomic mass is 19.2. The summed E-state index contributed by atoms with van der Waals surface area (Å²) in [6.07, 6.45) is 17.4. The molecule has 1 aliphatic rings. The monoisotopic (exact) mass is 352 g/mol. The standard InChI is InChI=1S/C22H31F3/c1-2-3-4-5-6-7-8-17-9-11-18(12-10-17)13-14-19-15-20(23)22(25)21(24)16-19/h3-4,15-18H,2,5-14H2,1H3/b4-3+. The first-order valence-corrected chi connectivity index (χ1v) is 9.88. The van der Waals surface area contributed by atoms with Crippen LogP contribution >= 0.6 is 0 Å². The van der Waals surface area contributed by atoms with Crippen LogP contribution in [0.15, 0.2) is 24.3 Å². The van der Waals surface area contributed by atoms with E-state index in [2.05, 4.69) is 19.1 Å². The fourth-order valence-corrected chi connectivity index (χ4v) is 3.91. The molecule has 0 unspecified atom stereocenters. The molecule has 140 valence electrons. The Morgan fingerprint density at radius 1 is 0.880 bits per heavy atom. The second-order valence-corrected chi connectivity index (χ2v) is 7.46. The van der Waals surface area contributed by atoms with E-state index in [0.717, 1.165) is 30.9 Å². The number of unbranched alkanes of at least 4 members (excludes halogenated alkanes) is 2. The molecule has 0 saturated heterocycles. The number of halogens is 3. The molecule has 3 heteroatoms. The molecule has 0 atom stereocenters. The highest BCUT2D eigenvalue weighted by Gasteiger charge is 2.21. The summed E-state index contributed by atoms with van der Waals surface area (Å²) in [4.78, 5) is 0. The fourth-order valence-electron chi connectivity index (χ4n) is 3.91. The maximum atomic E-state index is 13.3. The van der Waals surface area contributed by atoms with Crippen molar-refractivity contribution < 1.29 is 13.2 Å². The predicted octanol–water partition coefficient (Wildman–Crippen LogP) is 7.37. The van der Waals surface area contributed by atoms with Gasteiger partial charge in [0, 0.05) is 0 Å². The zero-order chi connectivity index (χ0) is 18.1. The number of aryl methyl sites for hydroxylation is 1. The molecule has 1 aromatic rings. The molecule has 0 amide bonds. The molecule has 25 heavy (non-hydrogen) atoms. The van der Waals surface area contributed by atoms with Crippen molar-refractivity contribution in [1.82, 2.24) is 0 Å². The average molecular weight is 352 g/mol. The van der Waals surface area contributed by atoms with Crippen LogP contribution in [-0.4, -0.2) is 0 Å². The van der Waals surface area contributed by atoms with Crippen LogP contribution in [-0.2, 0) is 6.42 Å². The molecule has 0 radical (unpaired) electrons. The summed E-state index contributed by atoms with van der Waals surface area (Å²) in [5, 5.41) is 0. The highest BCUT2D eigenvalue weighted by molar-refractivity contribution is 5.19. The molecule has 0 bridgehead atoms. The SMILES string of the molecule is CC/C=C/CCCCC1CCC(CCc2cc(F)c(F)c(F)c2)CC1. The van der Waals surface area contributed by atoms with E-state index in [9.17, 15) is 13.2 Å². The van der Waals surface area contributed by atoms with Crippen LogP contribution < -0.4 is 0 Å². The zero-order valence-electron chi connectivity index (χ0n) is 15.4. The maximum Gasteiger partial charge on any atom is 0.194 e. The Morgan fingerprint density at radius 2 is 1.48 bits per heavy atom. The summed E-state index contributed by atoms with van der Waals surface area (Å²) in [6, 6.07) is 2.27. The normalized spacial score (nSPS) is 21.1. The van der Waals surface area contributed by atoms with Gasteiger partial charge in [-0.05, 0) is 61.6 Å². The van der Waals surface area contributed by atoms with Gasteiger partial charge < -0.3 is 0 Å². The minimum atomic E-state index is -1.37. The van der Waals surface area contributed by atoms with Gasteiger partial charge in [-0.1, -0.05) is 57.6 Å². The van der Waals surface area contributed by atoms with Gasteiger partial charge in [-0.2, -0.15) is 0 Å². The number of rotatable bonds is 9. The number of allylic oxidation sites excluding steroid dienone is 2. The Morgan fingerprint density at radius 3 is 2.08 bits per heavy atom. The number of benzene rings is 1. The Balaban J connectivity index is 1.63. The third-order valence-electron chi connectivity index (χ3n) is 5.49. The van der Waals surface area contributed by atoms with Crippen molar-refractivity contribution in [2.75, 3.05) is 0 Å². The minimum Gasteiger partial charge on any atom is -0.204 e. The molecule has 0 nitrogen and oxygen atoms in total. The topological polar surface area (TPSA) is 0 Å². The van der Waals surface area contributed by atoms with Gasteiger partial charge in [0.15, 0.2) is 17.5 Å². The van der Waals surface area contributed by atoms with Crippen LogP contribution in [0.2, 0.25) is 0 Å². The summed E-state index contributed by atoms with van der Waals surface area (Å²) >= 11 is 0. The van der Waals surface area contributed by atoms with E-state index >= 15 is 0 Å². The average Bonchev–Trinajstić information content (AvgIpc) is 2.61. The van der Waals surface area contributed by atoms with Crippen molar-refractivity contribution in [1.29, 1.82) is 0 Å².